The number of aliphatic hydroxyl groups is 1. The molecule has 0 aliphatic heterocycles. The lowest BCUT2D eigenvalue weighted by Gasteiger charge is -2.19. The second-order valence-electron chi connectivity index (χ2n) is 3.35. The average molecular weight is 223 g/mol. The molecular weight excluding hydrogens is 206 g/mol. The molecule has 0 atom stereocenters. The Labute approximate surface area is 94.9 Å². The van der Waals surface area contributed by atoms with Crippen molar-refractivity contribution in [3.63, 3.8) is 0 Å². The maximum absolute atomic E-state index is 12.0. The summed E-state index contributed by atoms with van der Waals surface area (Å²) < 4.78 is 0. The van der Waals surface area contributed by atoms with Crippen molar-refractivity contribution in [3.8, 4) is 0 Å². The third-order valence-corrected chi connectivity index (χ3v) is 2.31. The number of nitrogens with two attached hydrogens (primary N) is 1. The van der Waals surface area contributed by atoms with Crippen LogP contribution in [0.5, 0.6) is 0 Å². The highest BCUT2D eigenvalue weighted by molar-refractivity contribution is 5.94. The van der Waals surface area contributed by atoms with E-state index in [1.807, 2.05) is 6.92 Å². The van der Waals surface area contributed by atoms with Gasteiger partial charge in [0.25, 0.3) is 5.91 Å². The first-order chi connectivity index (χ1) is 7.72. The Bertz CT molecular complexity index is 355. The second kappa shape index (κ2) is 6.19. The van der Waals surface area contributed by atoms with Crippen LogP contribution < -0.4 is 5.73 Å². The van der Waals surface area contributed by atoms with Crippen molar-refractivity contribution in [2.45, 2.75) is 13.5 Å². The lowest BCUT2D eigenvalue weighted by molar-refractivity contribution is 0.0731. The van der Waals surface area contributed by atoms with E-state index in [0.717, 1.165) is 0 Å². The maximum Gasteiger partial charge on any atom is 0.254 e. The largest absolute Gasteiger partial charge is 0.395 e. The van der Waals surface area contributed by atoms with E-state index >= 15 is 0 Å². The Balaban J connectivity index is 2.85. The summed E-state index contributed by atoms with van der Waals surface area (Å²) in [6.45, 7) is 3.07. The molecule has 1 rings (SSSR count). The third-order valence-electron chi connectivity index (χ3n) is 2.31. The normalized spacial score (nSPS) is 10.2. The number of aliphatic hydroxyl groups excluding tert-OH is 1. The number of carbonyl (C=O) groups excluding carboxylic acids is 1. The fourth-order valence-corrected chi connectivity index (χ4v) is 1.43. The molecule has 1 heterocycles. The van der Waals surface area contributed by atoms with Gasteiger partial charge in [-0.25, -0.2) is 0 Å². The predicted octanol–water partition coefficient (Wildman–Crippen LogP) is -0.00530. The Morgan fingerprint density at radius 1 is 1.62 bits per heavy atom. The molecular formula is C11H17N3O2. The summed E-state index contributed by atoms with van der Waals surface area (Å²) in [5.74, 6) is -0.103. The molecule has 3 N–H and O–H groups in total. The first kappa shape index (κ1) is 12.6. The number of carbonyl (C=O) groups is 1. The number of nitrogens with zero attached hydrogens (tertiary/aromatic N) is 2. The summed E-state index contributed by atoms with van der Waals surface area (Å²) in [4.78, 5) is 17.6. The van der Waals surface area contributed by atoms with Crippen molar-refractivity contribution < 1.29 is 9.90 Å². The fourth-order valence-electron chi connectivity index (χ4n) is 1.43. The van der Waals surface area contributed by atoms with Crippen LogP contribution in [0.4, 0.5) is 0 Å². The van der Waals surface area contributed by atoms with Gasteiger partial charge in [0, 0.05) is 31.4 Å². The zero-order valence-electron chi connectivity index (χ0n) is 9.39. The Morgan fingerprint density at radius 3 is 2.94 bits per heavy atom. The van der Waals surface area contributed by atoms with Crippen molar-refractivity contribution in [1.82, 2.24) is 9.88 Å². The molecule has 0 spiro atoms. The molecule has 16 heavy (non-hydrogen) atoms. The number of amides is 1. The van der Waals surface area contributed by atoms with E-state index in [1.165, 1.54) is 0 Å². The van der Waals surface area contributed by atoms with Crippen molar-refractivity contribution in [3.05, 3.63) is 29.6 Å². The highest BCUT2D eigenvalue weighted by Gasteiger charge is 2.13. The van der Waals surface area contributed by atoms with Crippen molar-refractivity contribution in [2.24, 2.45) is 5.73 Å². The maximum atomic E-state index is 12.0. The van der Waals surface area contributed by atoms with Gasteiger partial charge in [0.05, 0.1) is 12.3 Å². The van der Waals surface area contributed by atoms with E-state index in [0.29, 0.717) is 30.9 Å². The molecule has 0 aliphatic carbocycles. The highest BCUT2D eigenvalue weighted by atomic mass is 16.3. The molecule has 1 aromatic rings. The van der Waals surface area contributed by atoms with Gasteiger partial charge in [0.15, 0.2) is 0 Å². The molecule has 88 valence electrons. The van der Waals surface area contributed by atoms with E-state index in [9.17, 15) is 4.79 Å². The zero-order chi connectivity index (χ0) is 12.0. The molecule has 1 aromatic heterocycles. The SMILES string of the molecule is CCN(CCO)C(=O)c1ccnc(CN)c1. The summed E-state index contributed by atoms with van der Waals surface area (Å²) >= 11 is 0. The number of rotatable bonds is 5. The lowest BCUT2D eigenvalue weighted by Crippen LogP contribution is -2.33. The number of aromatic nitrogens is 1. The van der Waals surface area contributed by atoms with E-state index < -0.39 is 0 Å². The van der Waals surface area contributed by atoms with Gasteiger partial charge in [-0.05, 0) is 19.1 Å². The van der Waals surface area contributed by atoms with Gasteiger partial charge in [-0.3, -0.25) is 9.78 Å². The molecule has 0 saturated heterocycles. The first-order valence-electron chi connectivity index (χ1n) is 5.28. The molecule has 0 aliphatic rings. The molecule has 5 heteroatoms. The minimum Gasteiger partial charge on any atom is -0.395 e. The van der Waals surface area contributed by atoms with Gasteiger partial charge in [0.1, 0.15) is 0 Å². The topological polar surface area (TPSA) is 79.5 Å². The summed E-state index contributed by atoms with van der Waals surface area (Å²) in [6.07, 6.45) is 1.57. The monoisotopic (exact) mass is 223 g/mol. The number of hydrogen-bond donors (Lipinski definition) is 2. The van der Waals surface area contributed by atoms with Gasteiger partial charge in [-0.2, -0.15) is 0 Å². The molecule has 0 fully saturated rings. The third kappa shape index (κ3) is 3.01. The Hall–Kier alpha value is -1.46. The number of hydrogen-bond acceptors (Lipinski definition) is 4. The van der Waals surface area contributed by atoms with Crippen LogP contribution in [0.3, 0.4) is 0 Å². The molecule has 0 saturated carbocycles. The minimum absolute atomic E-state index is 0.0333. The summed E-state index contributed by atoms with van der Waals surface area (Å²) in [7, 11) is 0. The van der Waals surface area contributed by atoms with Crippen LogP contribution in [-0.2, 0) is 6.54 Å². The molecule has 0 aromatic carbocycles. The summed E-state index contributed by atoms with van der Waals surface area (Å²) in [6, 6.07) is 3.34. The fraction of sp³-hybridized carbons (Fsp3) is 0.455. The Kier molecular flexibility index (Phi) is 4.88. The van der Waals surface area contributed by atoms with Gasteiger partial charge in [0.2, 0.25) is 0 Å². The van der Waals surface area contributed by atoms with Gasteiger partial charge >= 0.3 is 0 Å². The van der Waals surface area contributed by atoms with Crippen molar-refractivity contribution >= 4 is 5.91 Å². The molecule has 0 bridgehead atoms. The average Bonchev–Trinajstić information content (AvgIpc) is 2.35. The van der Waals surface area contributed by atoms with Crippen LogP contribution in [-0.4, -0.2) is 40.6 Å². The minimum atomic E-state index is -0.103. The van der Waals surface area contributed by atoms with Crippen LogP contribution >= 0.6 is 0 Å². The highest BCUT2D eigenvalue weighted by Crippen LogP contribution is 2.05. The molecule has 0 unspecified atom stereocenters. The van der Waals surface area contributed by atoms with Crippen LogP contribution in [0.2, 0.25) is 0 Å². The lowest BCUT2D eigenvalue weighted by atomic mass is 10.2. The van der Waals surface area contributed by atoms with E-state index in [4.69, 9.17) is 10.8 Å². The van der Waals surface area contributed by atoms with Crippen LogP contribution in [0.1, 0.15) is 23.0 Å². The molecule has 1 amide bonds. The van der Waals surface area contributed by atoms with Gasteiger partial charge in [-0.1, -0.05) is 0 Å². The molecule has 0 radical (unpaired) electrons. The second-order valence-corrected chi connectivity index (χ2v) is 3.35. The quantitative estimate of drug-likeness (QED) is 0.736. The van der Waals surface area contributed by atoms with E-state index in [-0.39, 0.29) is 12.5 Å². The molecule has 5 nitrogen and oxygen atoms in total. The Morgan fingerprint density at radius 2 is 2.38 bits per heavy atom. The van der Waals surface area contributed by atoms with Crippen LogP contribution in [0, 0.1) is 0 Å². The van der Waals surface area contributed by atoms with E-state index in [1.54, 1.807) is 23.2 Å². The number of likely N-dealkylation sites (N-methyl/N-ethyl adjacent to an activating group) is 1. The predicted molar refractivity (Wildman–Crippen MR) is 60.8 cm³/mol. The van der Waals surface area contributed by atoms with Crippen molar-refractivity contribution in [2.75, 3.05) is 19.7 Å². The van der Waals surface area contributed by atoms with E-state index in [2.05, 4.69) is 4.98 Å². The van der Waals surface area contributed by atoms with Gasteiger partial charge < -0.3 is 15.7 Å². The standard InChI is InChI=1S/C11H17N3O2/c1-2-14(5-6-15)11(16)9-3-4-13-10(7-9)8-12/h3-4,7,15H,2,5-6,8,12H2,1H3. The first-order valence-corrected chi connectivity index (χ1v) is 5.28. The number of pyridine rings is 1. The van der Waals surface area contributed by atoms with Gasteiger partial charge in [-0.15, -0.1) is 0 Å². The van der Waals surface area contributed by atoms with Crippen molar-refractivity contribution in [1.29, 1.82) is 0 Å². The van der Waals surface area contributed by atoms with Crippen LogP contribution in [0.15, 0.2) is 18.3 Å². The van der Waals surface area contributed by atoms with Crippen LogP contribution in [0.25, 0.3) is 0 Å². The summed E-state index contributed by atoms with van der Waals surface area (Å²) in [5.41, 5.74) is 6.71. The smallest absolute Gasteiger partial charge is 0.254 e. The summed E-state index contributed by atoms with van der Waals surface area (Å²) in [5, 5.41) is 8.84. The zero-order valence-corrected chi connectivity index (χ0v) is 9.39.